The largest absolute Gasteiger partial charge is 0.481 e. The van der Waals surface area contributed by atoms with Crippen molar-refractivity contribution >= 4 is 29.2 Å². The molecule has 102 valence electrons. The molecule has 1 fully saturated rings. The van der Waals surface area contributed by atoms with Crippen molar-refractivity contribution in [3.05, 3.63) is 28.8 Å². The number of halogens is 1. The fourth-order valence-electron chi connectivity index (χ4n) is 2.29. The molecular formula is C13H14ClNO4. The maximum Gasteiger partial charge on any atom is 0.335 e. The SMILES string of the molecule is O=C(O)c1ccc(Cl)c(N2CCCC(C(=O)O)C2)c1. The Labute approximate surface area is 115 Å². The predicted octanol–water partition coefficient (Wildman–Crippen LogP) is 2.34. The van der Waals surface area contributed by atoms with Crippen LogP contribution in [0.1, 0.15) is 23.2 Å². The lowest BCUT2D eigenvalue weighted by molar-refractivity contribution is -0.141. The highest BCUT2D eigenvalue weighted by Crippen LogP contribution is 2.30. The van der Waals surface area contributed by atoms with Crippen LogP contribution in [0.3, 0.4) is 0 Å². The van der Waals surface area contributed by atoms with Crippen LogP contribution in [-0.4, -0.2) is 35.2 Å². The zero-order valence-corrected chi connectivity index (χ0v) is 10.9. The summed E-state index contributed by atoms with van der Waals surface area (Å²) in [5.41, 5.74) is 0.740. The van der Waals surface area contributed by atoms with E-state index in [1.807, 2.05) is 4.90 Å². The van der Waals surface area contributed by atoms with Crippen molar-refractivity contribution in [2.45, 2.75) is 12.8 Å². The third kappa shape index (κ3) is 2.98. The van der Waals surface area contributed by atoms with Crippen LogP contribution in [0.4, 0.5) is 5.69 Å². The smallest absolute Gasteiger partial charge is 0.335 e. The maximum absolute atomic E-state index is 11.0. The first-order valence-electron chi connectivity index (χ1n) is 5.99. The molecule has 2 N–H and O–H groups in total. The van der Waals surface area contributed by atoms with Gasteiger partial charge >= 0.3 is 11.9 Å². The molecule has 0 aromatic heterocycles. The molecule has 19 heavy (non-hydrogen) atoms. The maximum atomic E-state index is 11.0. The minimum Gasteiger partial charge on any atom is -0.481 e. The molecule has 1 saturated heterocycles. The van der Waals surface area contributed by atoms with Crippen LogP contribution in [0.2, 0.25) is 5.02 Å². The van der Waals surface area contributed by atoms with Gasteiger partial charge in [-0.15, -0.1) is 0 Å². The van der Waals surface area contributed by atoms with Crippen LogP contribution >= 0.6 is 11.6 Å². The normalized spacial score (nSPS) is 19.2. The molecule has 1 aromatic rings. The number of rotatable bonds is 3. The Bertz CT molecular complexity index is 517. The second kappa shape index (κ2) is 5.48. The van der Waals surface area contributed by atoms with E-state index in [2.05, 4.69) is 0 Å². The molecule has 0 bridgehead atoms. The predicted molar refractivity (Wildman–Crippen MR) is 71.0 cm³/mol. The Kier molecular flexibility index (Phi) is 3.95. The molecule has 1 aromatic carbocycles. The van der Waals surface area contributed by atoms with Gasteiger partial charge in [0.25, 0.3) is 0 Å². The zero-order valence-electron chi connectivity index (χ0n) is 10.2. The minimum atomic E-state index is -1.02. The van der Waals surface area contributed by atoms with Gasteiger partial charge in [-0.25, -0.2) is 4.79 Å². The number of aliphatic carboxylic acids is 1. The van der Waals surface area contributed by atoms with Crippen molar-refractivity contribution in [2.24, 2.45) is 5.92 Å². The zero-order chi connectivity index (χ0) is 14.0. The quantitative estimate of drug-likeness (QED) is 0.890. The molecule has 5 nitrogen and oxygen atoms in total. The van der Waals surface area contributed by atoms with Crippen molar-refractivity contribution in [1.29, 1.82) is 0 Å². The van der Waals surface area contributed by atoms with Gasteiger partial charge in [-0.3, -0.25) is 4.79 Å². The van der Waals surface area contributed by atoms with Crippen molar-refractivity contribution in [2.75, 3.05) is 18.0 Å². The van der Waals surface area contributed by atoms with Crippen LogP contribution in [0.15, 0.2) is 18.2 Å². The standard InChI is InChI=1S/C13H14ClNO4/c14-10-4-3-8(12(16)17)6-11(10)15-5-1-2-9(7-15)13(18)19/h3-4,6,9H,1-2,5,7H2,(H,16,17)(H,18,19). The molecule has 1 aliphatic heterocycles. The summed E-state index contributed by atoms with van der Waals surface area (Å²) in [5.74, 6) is -2.28. The topological polar surface area (TPSA) is 77.8 Å². The van der Waals surface area contributed by atoms with Gasteiger partial charge in [0.15, 0.2) is 0 Å². The van der Waals surface area contributed by atoms with E-state index in [1.165, 1.54) is 18.2 Å². The average Bonchev–Trinajstić information content (AvgIpc) is 2.39. The number of piperidine rings is 1. The van der Waals surface area contributed by atoms with E-state index in [1.54, 1.807) is 0 Å². The third-order valence-electron chi connectivity index (χ3n) is 3.30. The molecular weight excluding hydrogens is 270 g/mol. The third-order valence-corrected chi connectivity index (χ3v) is 3.62. The molecule has 0 spiro atoms. The summed E-state index contributed by atoms with van der Waals surface area (Å²) >= 11 is 6.08. The highest BCUT2D eigenvalue weighted by Gasteiger charge is 2.26. The molecule has 0 saturated carbocycles. The Morgan fingerprint density at radius 2 is 2.05 bits per heavy atom. The van der Waals surface area contributed by atoms with E-state index in [4.69, 9.17) is 21.8 Å². The molecule has 1 aliphatic rings. The van der Waals surface area contributed by atoms with Gasteiger partial charge in [0.1, 0.15) is 0 Å². The van der Waals surface area contributed by atoms with Gasteiger partial charge in [0.2, 0.25) is 0 Å². The van der Waals surface area contributed by atoms with Crippen molar-refractivity contribution in [3.8, 4) is 0 Å². The van der Waals surface area contributed by atoms with E-state index in [0.717, 1.165) is 6.42 Å². The molecule has 0 aliphatic carbocycles. The molecule has 1 heterocycles. The van der Waals surface area contributed by atoms with Crippen LogP contribution in [-0.2, 0) is 4.79 Å². The van der Waals surface area contributed by atoms with Crippen molar-refractivity contribution in [1.82, 2.24) is 0 Å². The lowest BCUT2D eigenvalue weighted by atomic mass is 9.97. The van der Waals surface area contributed by atoms with Crippen molar-refractivity contribution in [3.63, 3.8) is 0 Å². The summed E-state index contributed by atoms with van der Waals surface area (Å²) < 4.78 is 0. The number of carbonyl (C=O) groups is 2. The van der Waals surface area contributed by atoms with Crippen LogP contribution < -0.4 is 4.90 Å². The number of hydrogen-bond donors (Lipinski definition) is 2. The summed E-state index contributed by atoms with van der Waals surface area (Å²) in [6, 6.07) is 4.46. The number of anilines is 1. The minimum absolute atomic E-state index is 0.150. The van der Waals surface area contributed by atoms with Gasteiger partial charge < -0.3 is 15.1 Å². The average molecular weight is 284 g/mol. The van der Waals surface area contributed by atoms with Crippen molar-refractivity contribution < 1.29 is 19.8 Å². The lowest BCUT2D eigenvalue weighted by Gasteiger charge is -2.33. The summed E-state index contributed by atoms with van der Waals surface area (Å²) in [7, 11) is 0. The molecule has 0 amide bonds. The van der Waals surface area contributed by atoms with Gasteiger partial charge in [-0.05, 0) is 31.0 Å². The fraction of sp³-hybridized carbons (Fsp3) is 0.385. The van der Waals surface area contributed by atoms with Gasteiger partial charge in [0.05, 0.1) is 22.2 Å². The van der Waals surface area contributed by atoms with Crippen LogP contribution in [0.5, 0.6) is 0 Å². The Morgan fingerprint density at radius 1 is 1.32 bits per heavy atom. The van der Waals surface area contributed by atoms with Gasteiger partial charge in [0, 0.05) is 13.1 Å². The van der Waals surface area contributed by atoms with Gasteiger partial charge in [-0.2, -0.15) is 0 Å². The van der Waals surface area contributed by atoms with Gasteiger partial charge in [-0.1, -0.05) is 11.6 Å². The summed E-state index contributed by atoms with van der Waals surface area (Å²) in [4.78, 5) is 23.8. The van der Waals surface area contributed by atoms with E-state index in [0.29, 0.717) is 30.2 Å². The summed E-state index contributed by atoms with van der Waals surface area (Å²) in [6.07, 6.45) is 1.40. The molecule has 1 atom stereocenters. The number of carboxylic acids is 2. The Hall–Kier alpha value is -1.75. The fourth-order valence-corrected chi connectivity index (χ4v) is 2.52. The highest BCUT2D eigenvalue weighted by molar-refractivity contribution is 6.33. The lowest BCUT2D eigenvalue weighted by Crippen LogP contribution is -2.38. The molecule has 6 heteroatoms. The number of hydrogen-bond acceptors (Lipinski definition) is 3. The number of aromatic carboxylic acids is 1. The highest BCUT2D eigenvalue weighted by atomic mass is 35.5. The number of nitrogens with zero attached hydrogens (tertiary/aromatic N) is 1. The van der Waals surface area contributed by atoms with E-state index in [9.17, 15) is 9.59 Å². The number of benzene rings is 1. The Morgan fingerprint density at radius 3 is 2.68 bits per heavy atom. The van der Waals surface area contributed by atoms with Crippen LogP contribution in [0, 0.1) is 5.92 Å². The first kappa shape index (κ1) is 13.7. The monoisotopic (exact) mass is 283 g/mol. The second-order valence-electron chi connectivity index (χ2n) is 4.59. The van der Waals surface area contributed by atoms with E-state index in [-0.39, 0.29) is 5.56 Å². The first-order chi connectivity index (χ1) is 8.99. The van der Waals surface area contributed by atoms with Crippen LogP contribution in [0.25, 0.3) is 0 Å². The molecule has 1 unspecified atom stereocenters. The molecule has 0 radical (unpaired) electrons. The second-order valence-corrected chi connectivity index (χ2v) is 5.00. The molecule has 2 rings (SSSR count). The van der Waals surface area contributed by atoms with E-state index < -0.39 is 17.9 Å². The summed E-state index contributed by atoms with van der Waals surface area (Å²) in [6.45, 7) is 1.05. The summed E-state index contributed by atoms with van der Waals surface area (Å²) in [5, 5.41) is 18.5. The Balaban J connectivity index is 2.27. The number of carboxylic acid groups (broad SMARTS) is 2. The first-order valence-corrected chi connectivity index (χ1v) is 6.37. The van der Waals surface area contributed by atoms with E-state index >= 15 is 0 Å².